The Balaban J connectivity index is 2.09. The van der Waals surface area contributed by atoms with Gasteiger partial charge in [-0.05, 0) is 49.4 Å². The summed E-state index contributed by atoms with van der Waals surface area (Å²) in [6.45, 7) is 5.01. The molecule has 0 saturated heterocycles. The maximum absolute atomic E-state index is 6.23. The van der Waals surface area contributed by atoms with E-state index in [1.807, 2.05) is 0 Å². The summed E-state index contributed by atoms with van der Waals surface area (Å²) >= 11 is 0. The number of benzene rings is 1. The van der Waals surface area contributed by atoms with E-state index in [1.54, 1.807) is 7.11 Å². The second-order valence-corrected chi connectivity index (χ2v) is 4.97. The van der Waals surface area contributed by atoms with Crippen LogP contribution < -0.4 is 15.8 Å². The molecule has 3 nitrogen and oxygen atoms in total. The fourth-order valence-corrected chi connectivity index (χ4v) is 2.12. The summed E-state index contributed by atoms with van der Waals surface area (Å²) in [5.74, 6) is 0.939. The van der Waals surface area contributed by atoms with Crippen molar-refractivity contribution in [3.63, 3.8) is 0 Å². The van der Waals surface area contributed by atoms with Gasteiger partial charge in [-0.15, -0.1) is 0 Å². The van der Waals surface area contributed by atoms with Gasteiger partial charge in [0.15, 0.2) is 0 Å². The second kappa shape index (κ2) is 5.07. The fourth-order valence-electron chi connectivity index (χ4n) is 2.12. The van der Waals surface area contributed by atoms with Crippen LogP contribution in [-0.2, 0) is 0 Å². The number of hydrogen-bond donors (Lipinski definition) is 2. The number of nitrogens with one attached hydrogen (secondary N) is 1. The zero-order chi connectivity index (χ0) is 12.4. The molecule has 1 aromatic rings. The summed E-state index contributed by atoms with van der Waals surface area (Å²) in [4.78, 5) is 0. The third-order valence-corrected chi connectivity index (χ3v) is 3.39. The molecule has 1 fully saturated rings. The molecule has 0 heterocycles. The Bertz CT molecular complexity index is 399. The van der Waals surface area contributed by atoms with E-state index in [1.165, 1.54) is 24.0 Å². The third kappa shape index (κ3) is 2.99. The number of aryl methyl sites for hydroxylation is 2. The molecule has 94 valence electrons. The highest BCUT2D eigenvalue weighted by molar-refractivity contribution is 5.42. The smallest absolute Gasteiger partial charge is 0.122 e. The minimum atomic E-state index is 0.0696. The quantitative estimate of drug-likeness (QED) is 0.820. The van der Waals surface area contributed by atoms with Gasteiger partial charge in [-0.3, -0.25) is 0 Å². The van der Waals surface area contributed by atoms with Crippen LogP contribution in [0.15, 0.2) is 12.1 Å². The highest BCUT2D eigenvalue weighted by atomic mass is 16.5. The van der Waals surface area contributed by atoms with Gasteiger partial charge in [0, 0.05) is 18.6 Å². The first-order chi connectivity index (χ1) is 8.11. The lowest BCUT2D eigenvalue weighted by Crippen LogP contribution is -2.28. The minimum absolute atomic E-state index is 0.0696. The number of ether oxygens (including phenoxy) is 1. The van der Waals surface area contributed by atoms with Crippen molar-refractivity contribution in [3.8, 4) is 5.75 Å². The lowest BCUT2D eigenvalue weighted by Gasteiger charge is -2.17. The van der Waals surface area contributed by atoms with Crippen LogP contribution >= 0.6 is 0 Å². The van der Waals surface area contributed by atoms with Crippen LogP contribution in [0.3, 0.4) is 0 Å². The lowest BCUT2D eigenvalue weighted by atomic mass is 9.98. The predicted molar refractivity (Wildman–Crippen MR) is 70.4 cm³/mol. The Labute approximate surface area is 103 Å². The highest BCUT2D eigenvalue weighted by Crippen LogP contribution is 2.26. The van der Waals surface area contributed by atoms with Gasteiger partial charge in [0.2, 0.25) is 0 Å². The Morgan fingerprint density at radius 3 is 2.65 bits per heavy atom. The van der Waals surface area contributed by atoms with Crippen LogP contribution in [0, 0.1) is 13.8 Å². The molecule has 0 spiro atoms. The summed E-state index contributed by atoms with van der Waals surface area (Å²) in [7, 11) is 1.70. The first kappa shape index (κ1) is 12.4. The van der Waals surface area contributed by atoms with Gasteiger partial charge >= 0.3 is 0 Å². The zero-order valence-corrected chi connectivity index (χ0v) is 10.9. The molecule has 0 bridgehead atoms. The standard InChI is InChI=1S/C14H22N2O/c1-9-7-14(17-3)10(2)6-12(9)13(15)8-16-11-4-5-11/h6-7,11,13,16H,4-5,8,15H2,1-3H3. The maximum Gasteiger partial charge on any atom is 0.122 e. The number of rotatable bonds is 5. The Morgan fingerprint density at radius 1 is 1.35 bits per heavy atom. The largest absolute Gasteiger partial charge is 0.496 e. The molecule has 1 aliphatic rings. The summed E-state index contributed by atoms with van der Waals surface area (Å²) in [5, 5.41) is 3.47. The molecular weight excluding hydrogens is 212 g/mol. The molecule has 1 aromatic carbocycles. The molecule has 0 amide bonds. The maximum atomic E-state index is 6.23. The van der Waals surface area contributed by atoms with Crippen LogP contribution in [0.25, 0.3) is 0 Å². The summed E-state index contributed by atoms with van der Waals surface area (Å²) in [6, 6.07) is 5.00. The van der Waals surface area contributed by atoms with Crippen molar-refractivity contribution in [1.29, 1.82) is 0 Å². The molecule has 3 N–H and O–H groups in total. The Kier molecular flexibility index (Phi) is 3.69. The molecule has 1 unspecified atom stereocenters. The van der Waals surface area contributed by atoms with E-state index in [4.69, 9.17) is 10.5 Å². The van der Waals surface area contributed by atoms with Crippen LogP contribution in [0.5, 0.6) is 5.75 Å². The third-order valence-electron chi connectivity index (χ3n) is 3.39. The van der Waals surface area contributed by atoms with Gasteiger partial charge in [-0.1, -0.05) is 6.07 Å². The first-order valence-electron chi connectivity index (χ1n) is 6.26. The average molecular weight is 234 g/mol. The summed E-state index contributed by atoms with van der Waals surface area (Å²) < 4.78 is 5.31. The van der Waals surface area contributed by atoms with Gasteiger partial charge in [0.25, 0.3) is 0 Å². The van der Waals surface area contributed by atoms with Crippen LogP contribution in [0.1, 0.15) is 35.6 Å². The average Bonchev–Trinajstić information content (AvgIpc) is 3.12. The van der Waals surface area contributed by atoms with Gasteiger partial charge in [0.05, 0.1) is 7.11 Å². The second-order valence-electron chi connectivity index (χ2n) is 4.97. The number of hydrogen-bond acceptors (Lipinski definition) is 3. The molecular formula is C14H22N2O. The first-order valence-corrected chi connectivity index (χ1v) is 6.26. The van der Waals surface area contributed by atoms with Crippen molar-refractivity contribution in [1.82, 2.24) is 5.32 Å². The number of nitrogens with two attached hydrogens (primary N) is 1. The van der Waals surface area contributed by atoms with E-state index in [0.29, 0.717) is 6.04 Å². The van der Waals surface area contributed by atoms with E-state index >= 15 is 0 Å². The Morgan fingerprint density at radius 2 is 2.06 bits per heavy atom. The van der Waals surface area contributed by atoms with Gasteiger partial charge in [0.1, 0.15) is 5.75 Å². The molecule has 1 aliphatic carbocycles. The Hall–Kier alpha value is -1.06. The van der Waals surface area contributed by atoms with E-state index < -0.39 is 0 Å². The van der Waals surface area contributed by atoms with Crippen molar-refractivity contribution in [3.05, 3.63) is 28.8 Å². The minimum Gasteiger partial charge on any atom is -0.496 e. The predicted octanol–water partition coefficient (Wildman–Crippen LogP) is 2.06. The van der Waals surface area contributed by atoms with Gasteiger partial charge in [-0.2, -0.15) is 0 Å². The van der Waals surface area contributed by atoms with Crippen LogP contribution in [0.2, 0.25) is 0 Å². The number of methoxy groups -OCH3 is 1. The molecule has 1 saturated carbocycles. The van der Waals surface area contributed by atoms with E-state index in [0.717, 1.165) is 17.9 Å². The highest BCUT2D eigenvalue weighted by Gasteiger charge is 2.21. The fraction of sp³-hybridized carbons (Fsp3) is 0.571. The van der Waals surface area contributed by atoms with E-state index in [2.05, 4.69) is 31.3 Å². The molecule has 0 aromatic heterocycles. The molecule has 1 atom stereocenters. The SMILES string of the molecule is COc1cc(C)c(C(N)CNC2CC2)cc1C. The van der Waals surface area contributed by atoms with Gasteiger partial charge < -0.3 is 15.8 Å². The van der Waals surface area contributed by atoms with Crippen LogP contribution in [0.4, 0.5) is 0 Å². The van der Waals surface area contributed by atoms with Crippen molar-refractivity contribution in [2.45, 2.75) is 38.8 Å². The van der Waals surface area contributed by atoms with Crippen molar-refractivity contribution >= 4 is 0 Å². The summed E-state index contributed by atoms with van der Waals surface area (Å²) in [5.41, 5.74) is 9.80. The van der Waals surface area contributed by atoms with Crippen molar-refractivity contribution < 1.29 is 4.74 Å². The molecule has 0 aliphatic heterocycles. The van der Waals surface area contributed by atoms with Crippen LogP contribution in [-0.4, -0.2) is 19.7 Å². The molecule has 17 heavy (non-hydrogen) atoms. The van der Waals surface area contributed by atoms with E-state index in [9.17, 15) is 0 Å². The van der Waals surface area contributed by atoms with Crippen molar-refractivity contribution in [2.24, 2.45) is 5.73 Å². The van der Waals surface area contributed by atoms with Gasteiger partial charge in [-0.25, -0.2) is 0 Å². The zero-order valence-electron chi connectivity index (χ0n) is 10.9. The molecule has 3 heteroatoms. The summed E-state index contributed by atoms with van der Waals surface area (Å²) in [6.07, 6.45) is 2.60. The normalized spacial score (nSPS) is 16.9. The monoisotopic (exact) mass is 234 g/mol. The molecule has 2 rings (SSSR count). The molecule has 0 radical (unpaired) electrons. The topological polar surface area (TPSA) is 47.3 Å². The van der Waals surface area contributed by atoms with E-state index in [-0.39, 0.29) is 6.04 Å². The van der Waals surface area contributed by atoms with Crippen molar-refractivity contribution in [2.75, 3.05) is 13.7 Å². The lowest BCUT2D eigenvalue weighted by molar-refractivity contribution is 0.411.